The number of aromatic nitrogens is 1. The van der Waals surface area contributed by atoms with Crippen LogP contribution in [0.25, 0.3) is 10.9 Å². The second-order valence-electron chi connectivity index (χ2n) is 4.76. The second kappa shape index (κ2) is 5.25. The van der Waals surface area contributed by atoms with Gasteiger partial charge in [-0.2, -0.15) is 0 Å². The summed E-state index contributed by atoms with van der Waals surface area (Å²) < 4.78 is 0. The molecular formula is C17H14N2O2. The highest BCUT2D eigenvalue weighted by Crippen LogP contribution is 2.33. The number of para-hydroxylation sites is 1. The van der Waals surface area contributed by atoms with Gasteiger partial charge in [-0.1, -0.05) is 36.4 Å². The van der Waals surface area contributed by atoms with Crippen molar-refractivity contribution in [3.63, 3.8) is 0 Å². The fraction of sp³-hybridized carbons (Fsp3) is 0.0588. The van der Waals surface area contributed by atoms with Crippen LogP contribution in [-0.2, 0) is 0 Å². The van der Waals surface area contributed by atoms with Gasteiger partial charge in [0.15, 0.2) is 5.75 Å². The molecule has 0 radical (unpaired) electrons. The van der Waals surface area contributed by atoms with Crippen LogP contribution < -0.4 is 5.32 Å². The summed E-state index contributed by atoms with van der Waals surface area (Å²) in [6.07, 6.45) is 0. The maximum absolute atomic E-state index is 12.3. The lowest BCUT2D eigenvalue weighted by atomic mass is 10.1. The third-order valence-electron chi connectivity index (χ3n) is 3.32. The Kier molecular flexibility index (Phi) is 3.28. The van der Waals surface area contributed by atoms with E-state index in [4.69, 9.17) is 0 Å². The summed E-state index contributed by atoms with van der Waals surface area (Å²) in [4.78, 5) is 16.6. The molecule has 1 amide bonds. The van der Waals surface area contributed by atoms with Crippen molar-refractivity contribution >= 4 is 22.5 Å². The summed E-state index contributed by atoms with van der Waals surface area (Å²) in [6.45, 7) is 1.71. The molecule has 0 aliphatic heterocycles. The first-order valence-electron chi connectivity index (χ1n) is 6.61. The van der Waals surface area contributed by atoms with Gasteiger partial charge in [0.05, 0.1) is 16.9 Å². The van der Waals surface area contributed by atoms with Gasteiger partial charge in [-0.25, -0.2) is 4.98 Å². The zero-order valence-electron chi connectivity index (χ0n) is 11.5. The Morgan fingerprint density at radius 3 is 2.48 bits per heavy atom. The topological polar surface area (TPSA) is 62.2 Å². The first-order chi connectivity index (χ1) is 10.2. The average molecular weight is 278 g/mol. The summed E-state index contributed by atoms with van der Waals surface area (Å²) in [5.41, 5.74) is 2.15. The molecule has 0 saturated carbocycles. The molecule has 1 heterocycles. The van der Waals surface area contributed by atoms with Gasteiger partial charge < -0.3 is 10.4 Å². The highest BCUT2D eigenvalue weighted by atomic mass is 16.3. The SMILES string of the molecule is Cc1nc2ccccc2c(NC(=O)c2ccccc2)c1O. The quantitative estimate of drug-likeness (QED) is 0.754. The third-order valence-corrected chi connectivity index (χ3v) is 3.32. The zero-order valence-corrected chi connectivity index (χ0v) is 11.5. The van der Waals surface area contributed by atoms with Crippen molar-refractivity contribution in [3.8, 4) is 5.75 Å². The van der Waals surface area contributed by atoms with E-state index in [1.54, 1.807) is 31.2 Å². The number of anilines is 1. The van der Waals surface area contributed by atoms with Crippen LogP contribution in [-0.4, -0.2) is 16.0 Å². The third kappa shape index (κ3) is 2.43. The molecule has 4 nitrogen and oxygen atoms in total. The molecule has 0 atom stereocenters. The van der Waals surface area contributed by atoms with Gasteiger partial charge in [-0.05, 0) is 25.1 Å². The van der Waals surface area contributed by atoms with Crippen molar-refractivity contribution in [3.05, 3.63) is 65.9 Å². The number of carbonyl (C=O) groups is 1. The minimum absolute atomic E-state index is 0.00187. The smallest absolute Gasteiger partial charge is 0.255 e. The van der Waals surface area contributed by atoms with E-state index < -0.39 is 0 Å². The van der Waals surface area contributed by atoms with E-state index >= 15 is 0 Å². The van der Waals surface area contributed by atoms with Gasteiger partial charge >= 0.3 is 0 Å². The summed E-state index contributed by atoms with van der Waals surface area (Å²) in [7, 11) is 0. The first-order valence-corrected chi connectivity index (χ1v) is 6.61. The number of nitrogens with zero attached hydrogens (tertiary/aromatic N) is 1. The van der Waals surface area contributed by atoms with Crippen molar-refractivity contribution in [1.29, 1.82) is 0 Å². The Bertz CT molecular complexity index is 814. The lowest BCUT2D eigenvalue weighted by Crippen LogP contribution is -2.12. The molecule has 104 valence electrons. The standard InChI is InChI=1S/C17H14N2O2/c1-11-16(20)15(13-9-5-6-10-14(13)18-11)19-17(21)12-7-3-2-4-8-12/h2-10,20H,1H3,(H,18,19,21). The van der Waals surface area contributed by atoms with E-state index in [0.717, 1.165) is 5.52 Å². The molecule has 21 heavy (non-hydrogen) atoms. The van der Waals surface area contributed by atoms with Crippen LogP contribution in [0, 0.1) is 6.92 Å². The molecule has 0 aliphatic carbocycles. The molecule has 2 N–H and O–H groups in total. The molecule has 0 fully saturated rings. The van der Waals surface area contributed by atoms with Crippen LogP contribution in [0.15, 0.2) is 54.6 Å². The van der Waals surface area contributed by atoms with Gasteiger partial charge in [0.1, 0.15) is 0 Å². The molecule has 1 aromatic heterocycles. The molecule has 3 rings (SSSR count). The number of nitrogens with one attached hydrogen (secondary N) is 1. The number of rotatable bonds is 2. The van der Waals surface area contributed by atoms with Crippen molar-refractivity contribution in [1.82, 2.24) is 4.98 Å². The Labute approximate surface area is 122 Å². The molecule has 0 spiro atoms. The Morgan fingerprint density at radius 1 is 1.05 bits per heavy atom. The molecular weight excluding hydrogens is 264 g/mol. The summed E-state index contributed by atoms with van der Waals surface area (Å²) in [6, 6.07) is 16.3. The number of benzene rings is 2. The molecule has 4 heteroatoms. The van der Waals surface area contributed by atoms with Gasteiger partial charge in [0.25, 0.3) is 5.91 Å². The van der Waals surface area contributed by atoms with E-state index in [2.05, 4.69) is 10.3 Å². The Hall–Kier alpha value is -2.88. The largest absolute Gasteiger partial charge is 0.504 e. The van der Waals surface area contributed by atoms with Crippen LogP contribution in [0.4, 0.5) is 5.69 Å². The maximum Gasteiger partial charge on any atom is 0.255 e. The highest BCUT2D eigenvalue weighted by molar-refractivity contribution is 6.10. The number of carbonyl (C=O) groups excluding carboxylic acids is 1. The van der Waals surface area contributed by atoms with Crippen LogP contribution in [0.2, 0.25) is 0 Å². The second-order valence-corrected chi connectivity index (χ2v) is 4.76. The normalized spacial score (nSPS) is 10.5. The highest BCUT2D eigenvalue weighted by Gasteiger charge is 2.14. The Balaban J connectivity index is 2.08. The number of pyridine rings is 1. The maximum atomic E-state index is 12.3. The first kappa shape index (κ1) is 13.1. The molecule has 0 bridgehead atoms. The van der Waals surface area contributed by atoms with Crippen LogP contribution in [0.5, 0.6) is 5.75 Å². The summed E-state index contributed by atoms with van der Waals surface area (Å²) in [5.74, 6) is -0.264. The number of amides is 1. The van der Waals surface area contributed by atoms with Gasteiger partial charge in [-0.15, -0.1) is 0 Å². The van der Waals surface area contributed by atoms with Crippen molar-refractivity contribution in [2.75, 3.05) is 5.32 Å². The molecule has 0 aliphatic rings. The monoisotopic (exact) mass is 278 g/mol. The van der Waals surface area contributed by atoms with Crippen molar-refractivity contribution < 1.29 is 9.90 Å². The minimum Gasteiger partial charge on any atom is -0.504 e. The zero-order chi connectivity index (χ0) is 14.8. The van der Waals surface area contributed by atoms with Gasteiger partial charge in [-0.3, -0.25) is 4.79 Å². The van der Waals surface area contributed by atoms with E-state index in [1.807, 2.05) is 30.3 Å². The number of aryl methyl sites for hydroxylation is 1. The van der Waals surface area contributed by atoms with Crippen LogP contribution in [0.3, 0.4) is 0 Å². The van der Waals surface area contributed by atoms with Crippen molar-refractivity contribution in [2.45, 2.75) is 6.92 Å². The summed E-state index contributed by atoms with van der Waals surface area (Å²) in [5, 5.41) is 13.7. The van der Waals surface area contributed by atoms with Gasteiger partial charge in [0.2, 0.25) is 0 Å². The number of aromatic hydroxyl groups is 1. The van der Waals surface area contributed by atoms with Crippen LogP contribution >= 0.6 is 0 Å². The van der Waals surface area contributed by atoms with Gasteiger partial charge in [0, 0.05) is 10.9 Å². The number of fused-ring (bicyclic) bond motifs is 1. The van der Waals surface area contributed by atoms with E-state index in [9.17, 15) is 9.90 Å². The average Bonchev–Trinajstić information content (AvgIpc) is 2.52. The van der Waals surface area contributed by atoms with Crippen molar-refractivity contribution in [2.24, 2.45) is 0 Å². The number of hydrogen-bond acceptors (Lipinski definition) is 3. The van der Waals surface area contributed by atoms with E-state index in [1.165, 1.54) is 0 Å². The summed E-state index contributed by atoms with van der Waals surface area (Å²) >= 11 is 0. The predicted molar refractivity (Wildman–Crippen MR) is 82.5 cm³/mol. The van der Waals surface area contributed by atoms with E-state index in [0.29, 0.717) is 22.3 Å². The molecule has 0 saturated heterocycles. The van der Waals surface area contributed by atoms with E-state index in [-0.39, 0.29) is 11.7 Å². The number of hydrogen-bond donors (Lipinski definition) is 2. The molecule has 0 unspecified atom stereocenters. The fourth-order valence-electron chi connectivity index (χ4n) is 2.23. The predicted octanol–water partition coefficient (Wildman–Crippen LogP) is 3.50. The Morgan fingerprint density at radius 2 is 1.71 bits per heavy atom. The minimum atomic E-state index is -0.262. The molecule has 2 aromatic carbocycles. The molecule has 3 aromatic rings. The lowest BCUT2D eigenvalue weighted by molar-refractivity contribution is 0.102. The van der Waals surface area contributed by atoms with Crippen LogP contribution in [0.1, 0.15) is 16.1 Å². The fourth-order valence-corrected chi connectivity index (χ4v) is 2.23. The lowest BCUT2D eigenvalue weighted by Gasteiger charge is -2.12.